The monoisotopic (exact) mass is 443 g/mol. The number of anilines is 1. The van der Waals surface area contributed by atoms with Gasteiger partial charge in [0.1, 0.15) is 0 Å². The molecule has 1 N–H and O–H groups in total. The normalized spacial score (nSPS) is 16.8. The van der Waals surface area contributed by atoms with Gasteiger partial charge in [-0.2, -0.15) is 0 Å². The van der Waals surface area contributed by atoms with Gasteiger partial charge in [0.2, 0.25) is 23.6 Å². The zero-order chi connectivity index (χ0) is 23.4. The van der Waals surface area contributed by atoms with E-state index in [1.165, 1.54) is 0 Å². The molecule has 2 aliphatic rings. The van der Waals surface area contributed by atoms with Crippen molar-refractivity contribution >= 4 is 29.3 Å². The molecule has 7 heteroatoms. The van der Waals surface area contributed by atoms with Crippen molar-refractivity contribution in [1.82, 2.24) is 10.2 Å². The topological polar surface area (TPSA) is 86.8 Å². The molecule has 1 saturated heterocycles. The van der Waals surface area contributed by atoms with Gasteiger partial charge in [-0.25, -0.2) is 0 Å². The van der Waals surface area contributed by atoms with E-state index in [0.717, 1.165) is 27.3 Å². The van der Waals surface area contributed by atoms with Gasteiger partial charge in [-0.1, -0.05) is 49.1 Å². The van der Waals surface area contributed by atoms with Crippen molar-refractivity contribution in [2.45, 2.75) is 32.7 Å². The smallest absolute Gasteiger partial charge is 0.232 e. The summed E-state index contributed by atoms with van der Waals surface area (Å²) in [5.41, 5.74) is 3.37. The fourth-order valence-corrected chi connectivity index (χ4v) is 4.04. The average Bonchev–Trinajstić information content (AvgIpc) is 3.04. The van der Waals surface area contributed by atoms with Crippen molar-refractivity contribution in [3.05, 3.63) is 65.2 Å². The molecule has 0 spiro atoms. The number of amides is 4. The Balaban J connectivity index is 1.36. The van der Waals surface area contributed by atoms with Crippen LogP contribution in [-0.4, -0.2) is 41.6 Å². The number of rotatable bonds is 6. The molecule has 4 amide bonds. The summed E-state index contributed by atoms with van der Waals surface area (Å²) in [5, 5.41) is 2.72. The van der Waals surface area contributed by atoms with Gasteiger partial charge < -0.3 is 10.2 Å². The predicted octanol–water partition coefficient (Wildman–Crippen LogP) is 2.22. The molecule has 2 aliphatic heterocycles. The molecule has 7 nitrogen and oxygen atoms in total. The molecule has 1 atom stereocenters. The maximum Gasteiger partial charge on any atom is 0.232 e. The number of benzene rings is 2. The van der Waals surface area contributed by atoms with Crippen LogP contribution in [0.15, 0.2) is 48.5 Å². The van der Waals surface area contributed by atoms with Crippen LogP contribution in [-0.2, 0) is 25.7 Å². The van der Waals surface area contributed by atoms with Crippen LogP contribution in [0.4, 0.5) is 5.69 Å². The number of hydrogen-bond acceptors (Lipinski definition) is 4. The average molecular weight is 444 g/mol. The fourth-order valence-electron chi connectivity index (χ4n) is 4.04. The highest BCUT2D eigenvalue weighted by Crippen LogP contribution is 2.26. The first kappa shape index (κ1) is 22.3. The zero-order valence-corrected chi connectivity index (χ0v) is 18.5. The molecular weight excluding hydrogens is 418 g/mol. The van der Waals surface area contributed by atoms with Crippen LogP contribution in [0.2, 0.25) is 0 Å². The fraction of sp³-hybridized carbons (Fsp3) is 0.308. The minimum absolute atomic E-state index is 0.0217. The number of para-hydroxylation sites is 1. The first-order valence-electron chi connectivity index (χ1n) is 11.0. The van der Waals surface area contributed by atoms with Crippen molar-refractivity contribution < 1.29 is 19.2 Å². The van der Waals surface area contributed by atoms with E-state index in [0.29, 0.717) is 6.54 Å². The van der Waals surface area contributed by atoms with Crippen molar-refractivity contribution in [2.24, 2.45) is 5.92 Å². The molecule has 0 bridgehead atoms. The Labute approximate surface area is 192 Å². The van der Waals surface area contributed by atoms with Gasteiger partial charge in [0, 0.05) is 49.4 Å². The van der Waals surface area contributed by atoms with Crippen LogP contribution in [0.25, 0.3) is 0 Å². The molecular formula is C26H25N3O4. The summed E-state index contributed by atoms with van der Waals surface area (Å²) in [5.74, 6) is 5.12. The number of nitrogens with one attached hydrogen (secondary N) is 1. The number of hydrogen-bond donors (Lipinski definition) is 1. The molecule has 4 rings (SSSR count). The van der Waals surface area contributed by atoms with Crippen molar-refractivity contribution in [2.75, 3.05) is 18.0 Å². The number of fused-ring (bicyclic) bond motifs is 2. The molecule has 33 heavy (non-hydrogen) atoms. The van der Waals surface area contributed by atoms with Crippen molar-refractivity contribution in [1.29, 1.82) is 0 Å². The Kier molecular flexibility index (Phi) is 6.55. The third kappa shape index (κ3) is 4.96. The SMILES string of the molecule is CC1CC(=O)N(CCC(=O)NCCC(=O)N2Cc3ccccc3C#Cc3ccccc32)C1=O. The summed E-state index contributed by atoms with van der Waals surface area (Å²) < 4.78 is 0. The second-order valence-electron chi connectivity index (χ2n) is 8.24. The lowest BCUT2D eigenvalue weighted by Gasteiger charge is -2.26. The summed E-state index contributed by atoms with van der Waals surface area (Å²) >= 11 is 0. The largest absolute Gasteiger partial charge is 0.356 e. The number of carbonyl (C=O) groups excluding carboxylic acids is 4. The first-order chi connectivity index (χ1) is 15.9. The minimum atomic E-state index is -0.325. The predicted molar refractivity (Wildman–Crippen MR) is 123 cm³/mol. The Bertz CT molecular complexity index is 1180. The third-order valence-corrected chi connectivity index (χ3v) is 5.87. The van der Waals surface area contributed by atoms with E-state index < -0.39 is 0 Å². The van der Waals surface area contributed by atoms with Gasteiger partial charge in [0.05, 0.1) is 12.2 Å². The molecule has 168 valence electrons. The quantitative estimate of drug-likeness (QED) is 0.548. The summed E-state index contributed by atoms with van der Waals surface area (Å²) in [4.78, 5) is 52.0. The van der Waals surface area contributed by atoms with E-state index in [2.05, 4.69) is 17.2 Å². The second kappa shape index (κ2) is 9.70. The zero-order valence-electron chi connectivity index (χ0n) is 18.5. The summed E-state index contributed by atoms with van der Waals surface area (Å²) in [6, 6.07) is 15.3. The Morgan fingerprint density at radius 3 is 2.45 bits per heavy atom. The van der Waals surface area contributed by atoms with Gasteiger partial charge in [-0.15, -0.1) is 0 Å². The highest BCUT2D eigenvalue weighted by molar-refractivity contribution is 6.03. The first-order valence-corrected chi connectivity index (χ1v) is 11.0. The molecule has 1 unspecified atom stereocenters. The maximum absolute atomic E-state index is 13.1. The van der Waals surface area contributed by atoms with E-state index >= 15 is 0 Å². The standard InChI is InChI=1S/C26H25N3O4/c1-18-16-25(32)28(26(18)33)15-13-23(30)27-14-12-24(31)29-17-21-8-3-2-6-19(21)10-11-20-7-4-5-9-22(20)29/h2-9,18H,12-17H2,1H3,(H,27,30). The van der Waals surface area contributed by atoms with Gasteiger partial charge in [0.25, 0.3) is 0 Å². The lowest BCUT2D eigenvalue weighted by Crippen LogP contribution is -2.37. The van der Waals surface area contributed by atoms with Crippen LogP contribution in [0.1, 0.15) is 42.9 Å². The molecule has 0 aliphatic carbocycles. The Hall–Kier alpha value is -3.92. The number of imide groups is 1. The van der Waals surface area contributed by atoms with Crippen LogP contribution in [0.3, 0.4) is 0 Å². The third-order valence-electron chi connectivity index (χ3n) is 5.87. The van der Waals surface area contributed by atoms with E-state index in [4.69, 9.17) is 0 Å². The van der Waals surface area contributed by atoms with E-state index in [1.54, 1.807) is 11.8 Å². The molecule has 0 aromatic heterocycles. The molecule has 0 radical (unpaired) electrons. The summed E-state index contributed by atoms with van der Waals surface area (Å²) in [6.07, 6.45) is 0.335. The van der Waals surface area contributed by atoms with Crippen LogP contribution in [0.5, 0.6) is 0 Å². The maximum atomic E-state index is 13.1. The van der Waals surface area contributed by atoms with E-state index in [9.17, 15) is 19.2 Å². The number of likely N-dealkylation sites (tertiary alicyclic amines) is 1. The summed E-state index contributed by atoms with van der Waals surface area (Å²) in [6.45, 7) is 2.34. The van der Waals surface area contributed by atoms with Crippen LogP contribution >= 0.6 is 0 Å². The Morgan fingerprint density at radius 2 is 1.70 bits per heavy atom. The van der Waals surface area contributed by atoms with Crippen molar-refractivity contribution in [3.63, 3.8) is 0 Å². The van der Waals surface area contributed by atoms with Gasteiger partial charge in [-0.3, -0.25) is 24.1 Å². The molecule has 1 fully saturated rings. The second-order valence-corrected chi connectivity index (χ2v) is 8.24. The number of carbonyl (C=O) groups is 4. The molecule has 2 heterocycles. The van der Waals surface area contributed by atoms with Gasteiger partial charge in [0.15, 0.2) is 0 Å². The number of nitrogens with zero attached hydrogens (tertiary/aromatic N) is 2. The van der Waals surface area contributed by atoms with Gasteiger partial charge in [-0.05, 0) is 23.8 Å². The highest BCUT2D eigenvalue weighted by atomic mass is 16.2. The molecule has 0 saturated carbocycles. The molecule has 2 aromatic rings. The lowest BCUT2D eigenvalue weighted by molar-refractivity contribution is -0.139. The van der Waals surface area contributed by atoms with Gasteiger partial charge >= 0.3 is 0 Å². The molecule has 2 aromatic carbocycles. The lowest BCUT2D eigenvalue weighted by atomic mass is 10.0. The van der Waals surface area contributed by atoms with E-state index in [-0.39, 0.29) is 61.9 Å². The van der Waals surface area contributed by atoms with Crippen LogP contribution < -0.4 is 10.2 Å². The van der Waals surface area contributed by atoms with Crippen LogP contribution in [0, 0.1) is 17.8 Å². The Morgan fingerprint density at radius 1 is 1.00 bits per heavy atom. The highest BCUT2D eigenvalue weighted by Gasteiger charge is 2.35. The van der Waals surface area contributed by atoms with E-state index in [1.807, 2.05) is 48.5 Å². The summed E-state index contributed by atoms with van der Waals surface area (Å²) in [7, 11) is 0. The van der Waals surface area contributed by atoms with Crippen molar-refractivity contribution in [3.8, 4) is 11.8 Å². The minimum Gasteiger partial charge on any atom is -0.356 e.